The van der Waals surface area contributed by atoms with Crippen LogP contribution in [0.3, 0.4) is 0 Å². The minimum absolute atomic E-state index is 0.0992. The Hall–Kier alpha value is -0.810. The molecule has 1 atom stereocenters. The minimum atomic E-state index is -0.451. The molecule has 1 amide bonds. The van der Waals surface area contributed by atoms with Gasteiger partial charge in [0.1, 0.15) is 5.60 Å². The zero-order valence-electron chi connectivity index (χ0n) is 11.1. The maximum Gasteiger partial charge on any atom is 0.410 e. The lowest BCUT2D eigenvalue weighted by molar-refractivity contribution is -0.0341. The molecule has 100 valence electrons. The van der Waals surface area contributed by atoms with E-state index in [9.17, 15) is 4.79 Å². The first kappa shape index (κ1) is 14.3. The lowest BCUT2D eigenvalue weighted by Crippen LogP contribution is -2.50. The molecule has 0 aromatic heterocycles. The van der Waals surface area contributed by atoms with Crippen molar-refractivity contribution in [3.05, 3.63) is 0 Å². The van der Waals surface area contributed by atoms with Crippen LogP contribution in [0.5, 0.6) is 0 Å². The fraction of sp³-hybridized carbons (Fsp3) is 0.917. The summed E-state index contributed by atoms with van der Waals surface area (Å²) in [5, 5.41) is 0. The van der Waals surface area contributed by atoms with Crippen molar-refractivity contribution >= 4 is 6.09 Å². The predicted octanol–water partition coefficient (Wildman–Crippen LogP) is 1.36. The lowest BCUT2D eigenvalue weighted by Gasteiger charge is -2.36. The molecule has 5 nitrogen and oxygen atoms in total. The number of carbonyl (C=O) groups is 1. The molecule has 0 aliphatic carbocycles. The number of morpholine rings is 1. The van der Waals surface area contributed by atoms with E-state index in [-0.39, 0.29) is 12.1 Å². The number of amides is 1. The molecule has 1 fully saturated rings. The molecular formula is C12H24N2O3. The molecule has 1 saturated heterocycles. The van der Waals surface area contributed by atoms with E-state index < -0.39 is 5.60 Å². The van der Waals surface area contributed by atoms with E-state index in [1.807, 2.05) is 20.8 Å². The Balaban J connectivity index is 2.54. The highest BCUT2D eigenvalue weighted by molar-refractivity contribution is 5.68. The van der Waals surface area contributed by atoms with Crippen molar-refractivity contribution in [2.24, 2.45) is 5.73 Å². The second-order valence-electron chi connectivity index (χ2n) is 5.33. The number of rotatable bonds is 3. The molecule has 1 unspecified atom stereocenters. The van der Waals surface area contributed by atoms with Gasteiger partial charge >= 0.3 is 6.09 Å². The van der Waals surface area contributed by atoms with Gasteiger partial charge in [-0.2, -0.15) is 0 Å². The SMILES string of the molecule is CC(C)(C)OC(=O)N1CCOCC1CCCN. The first-order valence-electron chi connectivity index (χ1n) is 6.21. The van der Waals surface area contributed by atoms with Gasteiger partial charge in [-0.3, -0.25) is 0 Å². The fourth-order valence-electron chi connectivity index (χ4n) is 1.81. The van der Waals surface area contributed by atoms with E-state index >= 15 is 0 Å². The van der Waals surface area contributed by atoms with Crippen LogP contribution in [-0.2, 0) is 9.47 Å². The minimum Gasteiger partial charge on any atom is -0.444 e. The number of hydrogen-bond acceptors (Lipinski definition) is 4. The van der Waals surface area contributed by atoms with Crippen LogP contribution in [0.15, 0.2) is 0 Å². The molecule has 2 N–H and O–H groups in total. The van der Waals surface area contributed by atoms with Crippen LogP contribution in [0.4, 0.5) is 4.79 Å². The summed E-state index contributed by atoms with van der Waals surface area (Å²) >= 11 is 0. The molecule has 17 heavy (non-hydrogen) atoms. The van der Waals surface area contributed by atoms with E-state index in [1.165, 1.54) is 0 Å². The van der Waals surface area contributed by atoms with Gasteiger partial charge in [0.2, 0.25) is 0 Å². The van der Waals surface area contributed by atoms with Gasteiger partial charge in [-0.05, 0) is 40.2 Å². The molecule has 0 aromatic rings. The first-order chi connectivity index (χ1) is 7.94. The normalized spacial score (nSPS) is 21.4. The molecule has 0 spiro atoms. The fourth-order valence-corrected chi connectivity index (χ4v) is 1.81. The van der Waals surface area contributed by atoms with Crippen molar-refractivity contribution in [2.45, 2.75) is 45.3 Å². The molecule has 0 radical (unpaired) electrons. The van der Waals surface area contributed by atoms with Gasteiger partial charge in [-0.1, -0.05) is 0 Å². The van der Waals surface area contributed by atoms with Gasteiger partial charge in [0.05, 0.1) is 19.3 Å². The third-order valence-corrected chi connectivity index (χ3v) is 2.60. The van der Waals surface area contributed by atoms with Gasteiger partial charge in [0.15, 0.2) is 0 Å². The summed E-state index contributed by atoms with van der Waals surface area (Å²) in [5.74, 6) is 0. The van der Waals surface area contributed by atoms with Gasteiger partial charge in [-0.15, -0.1) is 0 Å². The van der Waals surface area contributed by atoms with Crippen molar-refractivity contribution < 1.29 is 14.3 Å². The molecule has 1 heterocycles. The molecule has 1 aliphatic heterocycles. The zero-order chi connectivity index (χ0) is 12.9. The van der Waals surface area contributed by atoms with Gasteiger partial charge in [0.25, 0.3) is 0 Å². The summed E-state index contributed by atoms with van der Waals surface area (Å²) in [5.41, 5.74) is 5.04. The second-order valence-corrected chi connectivity index (χ2v) is 5.33. The average Bonchev–Trinajstić information content (AvgIpc) is 2.24. The summed E-state index contributed by atoms with van der Waals surface area (Å²) in [7, 11) is 0. The topological polar surface area (TPSA) is 64.8 Å². The van der Waals surface area contributed by atoms with E-state index in [0.29, 0.717) is 26.3 Å². The lowest BCUT2D eigenvalue weighted by atomic mass is 10.1. The highest BCUT2D eigenvalue weighted by Gasteiger charge is 2.30. The number of nitrogens with two attached hydrogens (primary N) is 1. The Morgan fingerprint density at radius 3 is 2.82 bits per heavy atom. The largest absolute Gasteiger partial charge is 0.444 e. The van der Waals surface area contributed by atoms with Crippen LogP contribution in [0.2, 0.25) is 0 Å². The number of ether oxygens (including phenoxy) is 2. The molecule has 5 heteroatoms. The molecule has 1 rings (SSSR count). The Kier molecular flexibility index (Phi) is 5.21. The van der Waals surface area contributed by atoms with Gasteiger partial charge in [0, 0.05) is 6.54 Å². The number of nitrogens with zero attached hydrogens (tertiary/aromatic N) is 1. The average molecular weight is 244 g/mol. The van der Waals surface area contributed by atoms with Gasteiger partial charge < -0.3 is 20.1 Å². The Labute approximate surface area is 103 Å². The van der Waals surface area contributed by atoms with E-state index in [4.69, 9.17) is 15.2 Å². The van der Waals surface area contributed by atoms with Crippen LogP contribution < -0.4 is 5.73 Å². The van der Waals surface area contributed by atoms with Crippen LogP contribution in [0.25, 0.3) is 0 Å². The quantitative estimate of drug-likeness (QED) is 0.814. The van der Waals surface area contributed by atoms with Gasteiger partial charge in [-0.25, -0.2) is 4.79 Å². The molecule has 0 bridgehead atoms. The summed E-state index contributed by atoms with van der Waals surface area (Å²) in [6, 6.07) is 0.0992. The van der Waals surface area contributed by atoms with Crippen LogP contribution in [0, 0.1) is 0 Å². The van der Waals surface area contributed by atoms with E-state index in [2.05, 4.69) is 0 Å². The summed E-state index contributed by atoms with van der Waals surface area (Å²) in [6.45, 7) is 8.03. The Bertz CT molecular complexity index is 251. The number of hydrogen-bond donors (Lipinski definition) is 1. The maximum absolute atomic E-state index is 12.0. The smallest absolute Gasteiger partial charge is 0.410 e. The highest BCUT2D eigenvalue weighted by atomic mass is 16.6. The van der Waals surface area contributed by atoms with Crippen molar-refractivity contribution in [2.75, 3.05) is 26.3 Å². The number of carbonyl (C=O) groups excluding carboxylic acids is 1. The van der Waals surface area contributed by atoms with Crippen molar-refractivity contribution in [1.29, 1.82) is 0 Å². The van der Waals surface area contributed by atoms with Crippen molar-refractivity contribution in [3.63, 3.8) is 0 Å². The summed E-state index contributed by atoms with van der Waals surface area (Å²) in [6.07, 6.45) is 1.52. The van der Waals surface area contributed by atoms with E-state index in [0.717, 1.165) is 12.8 Å². The standard InChI is InChI=1S/C12H24N2O3/c1-12(2,3)17-11(15)14-7-8-16-9-10(14)5-4-6-13/h10H,4-9,13H2,1-3H3. The molecule has 0 saturated carbocycles. The van der Waals surface area contributed by atoms with Crippen LogP contribution in [0.1, 0.15) is 33.6 Å². The first-order valence-corrected chi connectivity index (χ1v) is 6.21. The third kappa shape index (κ3) is 4.91. The molecule has 0 aromatic carbocycles. The van der Waals surface area contributed by atoms with Crippen molar-refractivity contribution in [3.8, 4) is 0 Å². The van der Waals surface area contributed by atoms with Crippen LogP contribution in [-0.4, -0.2) is 48.9 Å². The second kappa shape index (κ2) is 6.21. The van der Waals surface area contributed by atoms with Crippen molar-refractivity contribution in [1.82, 2.24) is 4.90 Å². The molecule has 1 aliphatic rings. The predicted molar refractivity (Wildman–Crippen MR) is 65.8 cm³/mol. The zero-order valence-corrected chi connectivity index (χ0v) is 11.1. The summed E-state index contributed by atoms with van der Waals surface area (Å²) in [4.78, 5) is 13.8. The van der Waals surface area contributed by atoms with Crippen LogP contribution >= 0.6 is 0 Å². The Morgan fingerprint density at radius 2 is 2.24 bits per heavy atom. The summed E-state index contributed by atoms with van der Waals surface area (Å²) < 4.78 is 10.8. The maximum atomic E-state index is 12.0. The third-order valence-electron chi connectivity index (χ3n) is 2.60. The van der Waals surface area contributed by atoms with E-state index in [1.54, 1.807) is 4.90 Å². The highest BCUT2D eigenvalue weighted by Crippen LogP contribution is 2.17. The Morgan fingerprint density at radius 1 is 1.53 bits per heavy atom. The monoisotopic (exact) mass is 244 g/mol. The molecular weight excluding hydrogens is 220 g/mol.